The molecule has 2 heterocycles. The number of benzene rings is 2. The first-order chi connectivity index (χ1) is 14.1. The predicted octanol–water partition coefficient (Wildman–Crippen LogP) is 2.51. The summed E-state index contributed by atoms with van der Waals surface area (Å²) in [5.41, 5.74) is 4.29. The van der Waals surface area contributed by atoms with Crippen molar-refractivity contribution in [1.82, 2.24) is 14.7 Å². The number of aryl methyl sites for hydroxylation is 2. The van der Waals surface area contributed by atoms with Gasteiger partial charge in [0.15, 0.2) is 11.4 Å². The highest BCUT2D eigenvalue weighted by molar-refractivity contribution is 5.95. The molecule has 1 aliphatic carbocycles. The number of aromatic nitrogens is 2. The van der Waals surface area contributed by atoms with E-state index in [4.69, 9.17) is 0 Å². The van der Waals surface area contributed by atoms with Crippen LogP contribution in [0.15, 0.2) is 59.5 Å². The van der Waals surface area contributed by atoms with Crippen molar-refractivity contribution in [3.8, 4) is 5.75 Å². The van der Waals surface area contributed by atoms with Gasteiger partial charge < -0.3 is 10.0 Å². The molecule has 1 atom stereocenters. The van der Waals surface area contributed by atoms with Gasteiger partial charge in [-0.3, -0.25) is 14.3 Å². The smallest absolute Gasteiger partial charge is 0.275 e. The first-order valence-electron chi connectivity index (χ1n) is 9.78. The fourth-order valence-corrected chi connectivity index (χ4v) is 4.76. The Bertz CT molecular complexity index is 1140. The van der Waals surface area contributed by atoms with Gasteiger partial charge in [0.25, 0.3) is 5.91 Å². The van der Waals surface area contributed by atoms with Crippen LogP contribution < -0.4 is 5.43 Å². The monoisotopic (exact) mass is 387 g/mol. The number of rotatable bonds is 1. The van der Waals surface area contributed by atoms with Crippen molar-refractivity contribution in [2.24, 2.45) is 0 Å². The van der Waals surface area contributed by atoms with E-state index < -0.39 is 11.2 Å². The molecule has 0 unspecified atom stereocenters. The zero-order valence-electron chi connectivity index (χ0n) is 16.1. The van der Waals surface area contributed by atoms with Gasteiger partial charge in [0.05, 0.1) is 12.2 Å². The molecule has 0 fully saturated rings. The minimum atomic E-state index is -0.639. The molecule has 6 heteroatoms. The highest BCUT2D eigenvalue weighted by atomic mass is 16.3. The maximum absolute atomic E-state index is 12.7. The highest BCUT2D eigenvalue weighted by Gasteiger charge is 2.40. The largest absolute Gasteiger partial charge is 0.502 e. The summed E-state index contributed by atoms with van der Waals surface area (Å²) in [5.74, 6) is -0.968. The molecule has 6 nitrogen and oxygen atoms in total. The fraction of sp³-hybridized carbons (Fsp3) is 0.261. The van der Waals surface area contributed by atoms with Crippen LogP contribution in [0.2, 0.25) is 0 Å². The van der Waals surface area contributed by atoms with Crippen molar-refractivity contribution in [3.05, 3.63) is 92.9 Å². The Kier molecular flexibility index (Phi) is 4.01. The molecular formula is C23H21N3O3. The van der Waals surface area contributed by atoms with Crippen LogP contribution in [-0.2, 0) is 12.8 Å². The van der Waals surface area contributed by atoms with Crippen molar-refractivity contribution in [2.75, 3.05) is 13.6 Å². The van der Waals surface area contributed by atoms with Crippen LogP contribution in [0.5, 0.6) is 5.75 Å². The fourth-order valence-electron chi connectivity index (χ4n) is 4.76. The topological polar surface area (TPSA) is 75.4 Å². The van der Waals surface area contributed by atoms with E-state index >= 15 is 0 Å². The van der Waals surface area contributed by atoms with Crippen LogP contribution in [0.4, 0.5) is 0 Å². The van der Waals surface area contributed by atoms with E-state index in [1.165, 1.54) is 22.3 Å². The van der Waals surface area contributed by atoms with Gasteiger partial charge in [-0.05, 0) is 35.1 Å². The van der Waals surface area contributed by atoms with Gasteiger partial charge >= 0.3 is 0 Å². The average molecular weight is 387 g/mol. The summed E-state index contributed by atoms with van der Waals surface area (Å²) in [4.78, 5) is 26.3. The molecule has 1 N–H and O–H groups in total. The third-order valence-corrected chi connectivity index (χ3v) is 6.14. The van der Waals surface area contributed by atoms with Gasteiger partial charge in [-0.2, -0.15) is 5.10 Å². The summed E-state index contributed by atoms with van der Waals surface area (Å²) in [5, 5.41) is 14.7. The lowest BCUT2D eigenvalue weighted by atomic mass is 9.81. The summed E-state index contributed by atoms with van der Waals surface area (Å²) in [6, 6.07) is 16.5. The third kappa shape index (κ3) is 2.67. The molecule has 2 aliphatic rings. The molecule has 0 radical (unpaired) electrons. The Labute approximate surface area is 168 Å². The highest BCUT2D eigenvalue weighted by Crippen LogP contribution is 2.43. The molecule has 0 spiro atoms. The number of aromatic hydroxyl groups is 1. The number of hydrogen-bond donors (Lipinski definition) is 1. The molecule has 146 valence electrons. The number of likely N-dealkylation sites (N-methyl/N-ethyl adjacent to an activating group) is 1. The average Bonchev–Trinajstić information content (AvgIpc) is 2.90. The molecule has 5 rings (SSSR count). The van der Waals surface area contributed by atoms with Gasteiger partial charge in [-0.15, -0.1) is 0 Å². The first-order valence-corrected chi connectivity index (χ1v) is 9.78. The number of carbonyl (C=O) groups is 1. The van der Waals surface area contributed by atoms with Gasteiger partial charge in [-0.1, -0.05) is 48.5 Å². The second-order valence-corrected chi connectivity index (χ2v) is 7.78. The van der Waals surface area contributed by atoms with E-state index in [0.29, 0.717) is 6.54 Å². The molecule has 0 saturated heterocycles. The van der Waals surface area contributed by atoms with Gasteiger partial charge in [0, 0.05) is 19.5 Å². The zero-order chi connectivity index (χ0) is 20.1. The van der Waals surface area contributed by atoms with Crippen LogP contribution in [0, 0.1) is 0 Å². The number of nitrogens with zero attached hydrogens (tertiary/aromatic N) is 3. The third-order valence-electron chi connectivity index (χ3n) is 6.14. The lowest BCUT2D eigenvalue weighted by molar-refractivity contribution is 0.0686. The quantitative estimate of drug-likeness (QED) is 0.696. The molecule has 1 aromatic heterocycles. The van der Waals surface area contributed by atoms with Crippen molar-refractivity contribution >= 4 is 5.91 Å². The number of amides is 1. The second-order valence-electron chi connectivity index (χ2n) is 7.78. The molecule has 1 aliphatic heterocycles. The second kappa shape index (κ2) is 6.58. The summed E-state index contributed by atoms with van der Waals surface area (Å²) >= 11 is 0. The Balaban J connectivity index is 1.79. The Hall–Kier alpha value is -3.41. The molecule has 2 aromatic carbocycles. The molecule has 3 aromatic rings. The summed E-state index contributed by atoms with van der Waals surface area (Å²) in [6.45, 7) is 0.439. The minimum absolute atomic E-state index is 0.0320. The van der Waals surface area contributed by atoms with E-state index in [1.807, 2.05) is 12.1 Å². The van der Waals surface area contributed by atoms with E-state index in [1.54, 1.807) is 16.6 Å². The molecule has 1 amide bonds. The predicted molar refractivity (Wildman–Crippen MR) is 108 cm³/mol. The number of fused-ring (bicyclic) bond motifs is 3. The molecule has 29 heavy (non-hydrogen) atoms. The molecular weight excluding hydrogens is 366 g/mol. The van der Waals surface area contributed by atoms with Gasteiger partial charge in [0.2, 0.25) is 5.43 Å². The minimum Gasteiger partial charge on any atom is -0.502 e. The van der Waals surface area contributed by atoms with Crippen molar-refractivity contribution < 1.29 is 9.90 Å². The summed E-state index contributed by atoms with van der Waals surface area (Å²) in [6.07, 6.45) is 2.99. The van der Waals surface area contributed by atoms with Crippen LogP contribution in [-0.4, -0.2) is 39.3 Å². The Morgan fingerprint density at radius 2 is 1.55 bits per heavy atom. The van der Waals surface area contributed by atoms with Crippen LogP contribution >= 0.6 is 0 Å². The van der Waals surface area contributed by atoms with Gasteiger partial charge in [0.1, 0.15) is 0 Å². The SMILES string of the molecule is CN1C[C@@H](C2c3ccccc3CCc3ccccc32)n2ncc(=O)c(O)c2C1=O. The van der Waals surface area contributed by atoms with Crippen molar-refractivity contribution in [1.29, 1.82) is 0 Å². The first kappa shape index (κ1) is 17.7. The number of hydrogen-bond acceptors (Lipinski definition) is 4. The lowest BCUT2D eigenvalue weighted by Crippen LogP contribution is -2.45. The van der Waals surface area contributed by atoms with Gasteiger partial charge in [-0.25, -0.2) is 0 Å². The lowest BCUT2D eigenvalue weighted by Gasteiger charge is -2.38. The van der Waals surface area contributed by atoms with Crippen molar-refractivity contribution in [2.45, 2.75) is 24.8 Å². The van der Waals surface area contributed by atoms with Crippen molar-refractivity contribution in [3.63, 3.8) is 0 Å². The van der Waals surface area contributed by atoms with Crippen LogP contribution in [0.25, 0.3) is 0 Å². The van der Waals surface area contributed by atoms with Crippen LogP contribution in [0.1, 0.15) is 44.7 Å². The zero-order valence-corrected chi connectivity index (χ0v) is 16.1. The van der Waals surface area contributed by atoms with E-state index in [2.05, 4.69) is 41.5 Å². The van der Waals surface area contributed by atoms with E-state index in [0.717, 1.165) is 19.0 Å². The van der Waals surface area contributed by atoms with Crippen LogP contribution in [0.3, 0.4) is 0 Å². The normalized spacial score (nSPS) is 18.6. The Morgan fingerprint density at radius 3 is 2.17 bits per heavy atom. The maximum atomic E-state index is 12.7. The number of carbonyl (C=O) groups excluding carboxylic acids is 1. The summed E-state index contributed by atoms with van der Waals surface area (Å²) < 4.78 is 1.56. The standard InChI is InChI=1S/C23H21N3O3/c1-25-13-18(26-21(23(25)29)22(28)19(27)12-24-26)20-16-8-4-2-6-14(16)10-11-15-7-3-5-9-17(15)20/h2-9,12,18,20,28H,10-11,13H2,1H3/t18-/m0/s1. The maximum Gasteiger partial charge on any atom is 0.275 e. The van der Waals surface area contributed by atoms with E-state index in [-0.39, 0.29) is 23.6 Å². The van der Waals surface area contributed by atoms with E-state index in [9.17, 15) is 14.7 Å². The molecule has 0 bridgehead atoms. The summed E-state index contributed by atoms with van der Waals surface area (Å²) in [7, 11) is 1.70. The molecule has 0 saturated carbocycles. The Morgan fingerprint density at radius 1 is 0.966 bits per heavy atom.